The second-order valence-electron chi connectivity index (χ2n) is 6.04. The smallest absolute Gasteiger partial charge is 0.292 e. The van der Waals surface area contributed by atoms with E-state index in [2.05, 4.69) is 19.9 Å². The highest BCUT2D eigenvalue weighted by Gasteiger charge is 2.33. The third-order valence-corrected chi connectivity index (χ3v) is 5.42. The number of rotatable bonds is 2. The molecule has 3 aromatic heterocycles. The molecule has 0 fully saturated rings. The fourth-order valence-corrected chi connectivity index (χ4v) is 3.71. The molecule has 0 bridgehead atoms. The van der Waals surface area contributed by atoms with Gasteiger partial charge in [0.1, 0.15) is 10.2 Å². The van der Waals surface area contributed by atoms with Crippen LogP contribution in [0.15, 0.2) is 18.6 Å². The molecule has 0 aliphatic carbocycles. The number of nitrogens with zero attached hydrogens (tertiary/aromatic N) is 4. The van der Waals surface area contributed by atoms with Crippen molar-refractivity contribution in [2.45, 2.75) is 19.4 Å². The summed E-state index contributed by atoms with van der Waals surface area (Å²) in [6.07, 6.45) is 5.33. The Kier molecular flexibility index (Phi) is 4.20. The minimum Gasteiger partial charge on any atom is -0.494 e. The second-order valence-corrected chi connectivity index (χ2v) is 6.78. The molecule has 134 valence electrons. The van der Waals surface area contributed by atoms with Gasteiger partial charge < -0.3 is 14.6 Å². The minimum absolute atomic E-state index is 0.139. The Morgan fingerprint density at radius 2 is 2.00 bits per heavy atom. The van der Waals surface area contributed by atoms with E-state index in [0.29, 0.717) is 23.7 Å². The van der Waals surface area contributed by atoms with E-state index < -0.39 is 0 Å². The maximum absolute atomic E-state index is 12.9. The minimum atomic E-state index is -0.229. The molecule has 0 saturated carbocycles. The quantitative estimate of drug-likeness (QED) is 0.676. The van der Waals surface area contributed by atoms with Crippen molar-refractivity contribution < 1.29 is 9.53 Å². The normalized spacial score (nSPS) is 16.6. The molecule has 0 aromatic carbocycles. The number of hydrogen-bond donors (Lipinski definition) is 1. The number of aromatic nitrogens is 4. The van der Waals surface area contributed by atoms with Crippen LogP contribution in [0.3, 0.4) is 0 Å². The van der Waals surface area contributed by atoms with Crippen LogP contribution in [0, 0.1) is 0 Å². The number of carbonyl (C=O) groups is 1. The number of H-pyrrole nitrogens is 1. The van der Waals surface area contributed by atoms with Gasteiger partial charge in [-0.15, -0.1) is 0 Å². The van der Waals surface area contributed by atoms with Crippen LogP contribution in [-0.4, -0.2) is 44.4 Å². The van der Waals surface area contributed by atoms with Gasteiger partial charge in [0.05, 0.1) is 31.1 Å². The van der Waals surface area contributed by atoms with Crippen molar-refractivity contribution in [3.05, 3.63) is 45.8 Å². The first-order valence-corrected chi connectivity index (χ1v) is 8.78. The fraction of sp³-hybridized carbons (Fsp3) is 0.294. The van der Waals surface area contributed by atoms with Crippen LogP contribution in [0.25, 0.3) is 10.9 Å². The van der Waals surface area contributed by atoms with E-state index in [1.54, 1.807) is 11.1 Å². The predicted molar refractivity (Wildman–Crippen MR) is 97.9 cm³/mol. The van der Waals surface area contributed by atoms with Gasteiger partial charge in [-0.1, -0.05) is 23.2 Å². The van der Waals surface area contributed by atoms with Gasteiger partial charge in [-0.2, -0.15) is 0 Å². The first-order valence-electron chi connectivity index (χ1n) is 8.02. The molecule has 1 unspecified atom stereocenters. The molecule has 1 aliphatic rings. The van der Waals surface area contributed by atoms with Crippen molar-refractivity contribution in [2.75, 3.05) is 13.7 Å². The average Bonchev–Trinajstić information content (AvgIpc) is 3.05. The Morgan fingerprint density at radius 1 is 1.27 bits per heavy atom. The van der Waals surface area contributed by atoms with Gasteiger partial charge in [0.15, 0.2) is 5.75 Å². The largest absolute Gasteiger partial charge is 0.494 e. The molecule has 0 radical (unpaired) electrons. The van der Waals surface area contributed by atoms with Gasteiger partial charge in [0.2, 0.25) is 5.82 Å². The molecule has 4 rings (SSSR count). The zero-order valence-corrected chi connectivity index (χ0v) is 15.6. The Morgan fingerprint density at radius 3 is 2.69 bits per heavy atom. The average molecular weight is 392 g/mol. The topological polar surface area (TPSA) is 84.0 Å². The van der Waals surface area contributed by atoms with E-state index in [1.807, 2.05) is 6.92 Å². The summed E-state index contributed by atoms with van der Waals surface area (Å²) in [4.78, 5) is 30.3. The van der Waals surface area contributed by atoms with Crippen LogP contribution >= 0.6 is 23.2 Å². The number of hydrogen-bond acceptors (Lipinski definition) is 5. The summed E-state index contributed by atoms with van der Waals surface area (Å²) in [6, 6.07) is -0.176. The van der Waals surface area contributed by atoms with Crippen molar-refractivity contribution in [2.24, 2.45) is 0 Å². The summed E-state index contributed by atoms with van der Waals surface area (Å²) in [5.74, 6) is 0.415. The molecule has 7 nitrogen and oxygen atoms in total. The third-order valence-electron chi connectivity index (χ3n) is 4.67. The van der Waals surface area contributed by atoms with E-state index in [4.69, 9.17) is 27.9 Å². The van der Waals surface area contributed by atoms with Crippen molar-refractivity contribution in [1.82, 2.24) is 24.8 Å². The summed E-state index contributed by atoms with van der Waals surface area (Å²) in [5.41, 5.74) is 2.79. The van der Waals surface area contributed by atoms with Crippen molar-refractivity contribution >= 4 is 40.0 Å². The molecule has 0 saturated heterocycles. The summed E-state index contributed by atoms with van der Waals surface area (Å²) >= 11 is 12.3. The van der Waals surface area contributed by atoms with E-state index in [1.165, 1.54) is 19.5 Å². The highest BCUT2D eigenvalue weighted by Crippen LogP contribution is 2.39. The molecule has 9 heteroatoms. The lowest BCUT2D eigenvalue weighted by atomic mass is 9.97. The molecular formula is C17H15Cl2N5O2. The van der Waals surface area contributed by atoms with Gasteiger partial charge in [-0.3, -0.25) is 4.79 Å². The fourth-order valence-electron chi connectivity index (χ4n) is 3.37. The molecule has 1 amide bonds. The molecule has 0 spiro atoms. The summed E-state index contributed by atoms with van der Waals surface area (Å²) in [7, 11) is 1.52. The van der Waals surface area contributed by atoms with Gasteiger partial charge >= 0.3 is 0 Å². The number of pyridine rings is 1. The van der Waals surface area contributed by atoms with Crippen molar-refractivity contribution in [3.8, 4) is 5.75 Å². The van der Waals surface area contributed by atoms with Crippen LogP contribution in [0.4, 0.5) is 0 Å². The van der Waals surface area contributed by atoms with E-state index in [0.717, 1.165) is 22.2 Å². The summed E-state index contributed by atoms with van der Waals surface area (Å²) in [6.45, 7) is 2.52. The number of ether oxygens (including phenoxy) is 1. The summed E-state index contributed by atoms with van der Waals surface area (Å²) < 4.78 is 5.04. The Labute approximate surface area is 159 Å². The van der Waals surface area contributed by atoms with Gasteiger partial charge in [0, 0.05) is 35.8 Å². The standard InChI is InChI=1S/C17H15Cl2N5O2/c1-8-12-10-7-20-15(19)13(18)14(10)23-11(12)3-4-24(8)17(25)16-21-5-9(26-2)6-22-16/h5-8,23H,3-4H2,1-2H3. The van der Waals surface area contributed by atoms with E-state index >= 15 is 0 Å². The Hall–Kier alpha value is -2.38. The lowest BCUT2D eigenvalue weighted by Crippen LogP contribution is -2.39. The van der Waals surface area contributed by atoms with E-state index in [9.17, 15) is 4.79 Å². The highest BCUT2D eigenvalue weighted by atomic mass is 35.5. The monoisotopic (exact) mass is 391 g/mol. The summed E-state index contributed by atoms with van der Waals surface area (Å²) in [5, 5.41) is 1.52. The van der Waals surface area contributed by atoms with Crippen LogP contribution in [0.5, 0.6) is 5.75 Å². The predicted octanol–water partition coefficient (Wildman–Crippen LogP) is 3.43. The zero-order chi connectivity index (χ0) is 18.4. The first kappa shape index (κ1) is 17.1. The van der Waals surface area contributed by atoms with Crippen LogP contribution in [-0.2, 0) is 6.42 Å². The first-order chi connectivity index (χ1) is 12.5. The van der Waals surface area contributed by atoms with Gasteiger partial charge in [-0.05, 0) is 6.92 Å². The zero-order valence-electron chi connectivity index (χ0n) is 14.1. The van der Waals surface area contributed by atoms with Crippen LogP contribution < -0.4 is 4.74 Å². The van der Waals surface area contributed by atoms with Gasteiger partial charge in [-0.25, -0.2) is 15.0 Å². The Balaban J connectivity index is 1.72. The maximum atomic E-state index is 12.9. The number of nitrogens with one attached hydrogen (secondary N) is 1. The molecule has 4 heterocycles. The lowest BCUT2D eigenvalue weighted by molar-refractivity contribution is 0.0665. The SMILES string of the molecule is COc1cnc(C(=O)N2CCc3[nH]c4c(Cl)c(Cl)ncc4c3C2C)nc1. The van der Waals surface area contributed by atoms with Crippen molar-refractivity contribution in [1.29, 1.82) is 0 Å². The molecular weight excluding hydrogens is 377 g/mol. The number of fused-ring (bicyclic) bond motifs is 3. The van der Waals surface area contributed by atoms with Crippen LogP contribution in [0.2, 0.25) is 10.2 Å². The highest BCUT2D eigenvalue weighted by molar-refractivity contribution is 6.44. The lowest BCUT2D eigenvalue weighted by Gasteiger charge is -2.33. The Bertz CT molecular complexity index is 1000. The van der Waals surface area contributed by atoms with Gasteiger partial charge in [0.25, 0.3) is 5.91 Å². The molecule has 3 aromatic rings. The molecule has 1 aliphatic heterocycles. The number of amides is 1. The van der Waals surface area contributed by atoms with E-state index in [-0.39, 0.29) is 22.9 Å². The molecule has 26 heavy (non-hydrogen) atoms. The second kappa shape index (κ2) is 6.41. The van der Waals surface area contributed by atoms with Crippen molar-refractivity contribution in [3.63, 3.8) is 0 Å². The molecule has 1 atom stereocenters. The number of aromatic amines is 1. The maximum Gasteiger partial charge on any atom is 0.292 e. The number of methoxy groups -OCH3 is 1. The number of halogens is 2. The van der Waals surface area contributed by atoms with Crippen LogP contribution in [0.1, 0.15) is 34.8 Å². The third kappa shape index (κ3) is 2.59. The molecule has 1 N–H and O–H groups in total. The number of carbonyl (C=O) groups excluding carboxylic acids is 1.